The molecule has 2 aliphatic rings. The number of ether oxygens (including phenoxy) is 2. The molecular weight excluding hydrogens is 326 g/mol. The van der Waals surface area contributed by atoms with Gasteiger partial charge in [-0.05, 0) is 54.7 Å². The molecule has 0 radical (unpaired) electrons. The summed E-state index contributed by atoms with van der Waals surface area (Å²) in [5.41, 5.74) is 1.08. The van der Waals surface area contributed by atoms with E-state index in [1.807, 2.05) is 19.1 Å². The molecule has 0 spiro atoms. The van der Waals surface area contributed by atoms with Gasteiger partial charge in [-0.3, -0.25) is 4.79 Å². The summed E-state index contributed by atoms with van der Waals surface area (Å²) in [4.78, 5) is 15.3. The Morgan fingerprint density at radius 3 is 2.65 bits per heavy atom. The van der Waals surface area contributed by atoms with Crippen molar-refractivity contribution in [2.45, 2.75) is 38.1 Å². The molecule has 4 nitrogen and oxygen atoms in total. The zero-order valence-corrected chi connectivity index (χ0v) is 15.6. The molecular formula is C22H27NO3. The predicted octanol–water partition coefficient (Wildman–Crippen LogP) is 3.98. The van der Waals surface area contributed by atoms with Crippen LogP contribution in [0.2, 0.25) is 0 Å². The van der Waals surface area contributed by atoms with Crippen LogP contribution in [0.4, 0.5) is 0 Å². The fourth-order valence-electron chi connectivity index (χ4n) is 3.84. The largest absolute Gasteiger partial charge is 0.497 e. The molecule has 1 saturated carbocycles. The van der Waals surface area contributed by atoms with Crippen molar-refractivity contribution in [1.29, 1.82) is 0 Å². The zero-order valence-electron chi connectivity index (χ0n) is 15.6. The maximum Gasteiger partial charge on any atom is 0.230 e. The normalized spacial score (nSPS) is 20.9. The van der Waals surface area contributed by atoms with Crippen LogP contribution in [0.15, 0.2) is 36.4 Å². The molecule has 2 atom stereocenters. The van der Waals surface area contributed by atoms with Crippen LogP contribution in [-0.2, 0) is 9.53 Å². The number of carbonyl (C=O) groups excluding carboxylic acids is 1. The minimum absolute atomic E-state index is 0.121. The molecule has 0 aromatic heterocycles. The second-order valence-corrected chi connectivity index (χ2v) is 7.65. The van der Waals surface area contributed by atoms with E-state index in [0.717, 1.165) is 61.1 Å². The summed E-state index contributed by atoms with van der Waals surface area (Å²) < 4.78 is 10.8. The van der Waals surface area contributed by atoms with Crippen LogP contribution in [0.5, 0.6) is 5.75 Å². The molecule has 1 aliphatic carbocycles. The molecule has 4 rings (SSSR count). The Bertz CT molecular complexity index is 793. The molecule has 1 heterocycles. The number of hydrogen-bond acceptors (Lipinski definition) is 3. The van der Waals surface area contributed by atoms with Crippen molar-refractivity contribution in [1.82, 2.24) is 4.90 Å². The summed E-state index contributed by atoms with van der Waals surface area (Å²) in [5, 5.41) is 2.28. The minimum Gasteiger partial charge on any atom is -0.497 e. The first-order valence-electron chi connectivity index (χ1n) is 9.61. The molecule has 1 amide bonds. The second-order valence-electron chi connectivity index (χ2n) is 7.65. The van der Waals surface area contributed by atoms with E-state index in [1.165, 1.54) is 0 Å². The topological polar surface area (TPSA) is 38.8 Å². The Labute approximate surface area is 155 Å². The summed E-state index contributed by atoms with van der Waals surface area (Å²) >= 11 is 0. The summed E-state index contributed by atoms with van der Waals surface area (Å²) in [7, 11) is 1.68. The number of benzene rings is 2. The number of amides is 1. The summed E-state index contributed by atoms with van der Waals surface area (Å²) in [5.74, 6) is 1.49. The van der Waals surface area contributed by atoms with Crippen LogP contribution in [0.25, 0.3) is 10.8 Å². The van der Waals surface area contributed by atoms with Gasteiger partial charge in [-0.2, -0.15) is 0 Å². The van der Waals surface area contributed by atoms with Gasteiger partial charge in [-0.15, -0.1) is 0 Å². The van der Waals surface area contributed by atoms with Gasteiger partial charge in [0.2, 0.25) is 5.91 Å². The lowest BCUT2D eigenvalue weighted by molar-refractivity contribution is -0.133. The summed E-state index contributed by atoms with van der Waals surface area (Å²) in [6.45, 7) is 4.51. The number of carbonyl (C=O) groups is 1. The van der Waals surface area contributed by atoms with Gasteiger partial charge in [-0.25, -0.2) is 0 Å². The third-order valence-electron chi connectivity index (χ3n) is 5.69. The van der Waals surface area contributed by atoms with Gasteiger partial charge in [0.15, 0.2) is 0 Å². The number of fused-ring (bicyclic) bond motifs is 1. The summed E-state index contributed by atoms with van der Waals surface area (Å²) in [6.07, 6.45) is 3.36. The lowest BCUT2D eigenvalue weighted by Gasteiger charge is -2.28. The first-order chi connectivity index (χ1) is 12.7. The van der Waals surface area contributed by atoms with E-state index < -0.39 is 0 Å². The van der Waals surface area contributed by atoms with Crippen molar-refractivity contribution in [3.63, 3.8) is 0 Å². The fourth-order valence-corrected chi connectivity index (χ4v) is 3.84. The van der Waals surface area contributed by atoms with Gasteiger partial charge in [0.1, 0.15) is 5.75 Å². The highest BCUT2D eigenvalue weighted by molar-refractivity contribution is 5.88. The highest BCUT2D eigenvalue weighted by atomic mass is 16.5. The van der Waals surface area contributed by atoms with Crippen molar-refractivity contribution in [2.75, 3.05) is 26.9 Å². The Morgan fingerprint density at radius 2 is 1.96 bits per heavy atom. The van der Waals surface area contributed by atoms with E-state index in [9.17, 15) is 4.79 Å². The number of methoxy groups -OCH3 is 1. The third kappa shape index (κ3) is 3.56. The van der Waals surface area contributed by atoms with Crippen LogP contribution in [-0.4, -0.2) is 43.7 Å². The lowest BCUT2D eigenvalue weighted by atomic mass is 9.96. The van der Waals surface area contributed by atoms with E-state index in [-0.39, 0.29) is 11.8 Å². The summed E-state index contributed by atoms with van der Waals surface area (Å²) in [6, 6.07) is 12.8. The van der Waals surface area contributed by atoms with Gasteiger partial charge in [0, 0.05) is 25.1 Å². The van der Waals surface area contributed by atoms with Crippen LogP contribution in [0.1, 0.15) is 37.7 Å². The molecule has 1 aliphatic heterocycles. The molecule has 1 saturated heterocycles. The maximum atomic E-state index is 13.2. The smallest absolute Gasteiger partial charge is 0.230 e. The molecule has 2 aromatic carbocycles. The highest BCUT2D eigenvalue weighted by Gasteiger charge is 2.36. The minimum atomic E-state index is -0.121. The molecule has 26 heavy (non-hydrogen) atoms. The molecule has 0 unspecified atom stereocenters. The van der Waals surface area contributed by atoms with Crippen molar-refractivity contribution < 1.29 is 14.3 Å². The Balaban J connectivity index is 1.53. The standard InChI is InChI=1S/C22H27NO3/c1-15(17-3-4-19-12-21(25-2)8-5-18(19)11-17)22(24)23(20-6-7-20)13-16-9-10-26-14-16/h3-5,8,11-12,15-16,20H,6-7,9-10,13-14H2,1-2H3/t15-,16-/m0/s1. The number of nitrogens with zero attached hydrogens (tertiary/aromatic N) is 1. The van der Waals surface area contributed by atoms with E-state index in [2.05, 4.69) is 29.2 Å². The van der Waals surface area contributed by atoms with Crippen molar-refractivity contribution in [3.8, 4) is 5.75 Å². The third-order valence-corrected chi connectivity index (χ3v) is 5.69. The quantitative estimate of drug-likeness (QED) is 0.788. The molecule has 2 aromatic rings. The van der Waals surface area contributed by atoms with E-state index in [4.69, 9.17) is 9.47 Å². The molecule has 4 heteroatoms. The highest BCUT2D eigenvalue weighted by Crippen LogP contribution is 2.33. The predicted molar refractivity (Wildman–Crippen MR) is 103 cm³/mol. The molecule has 0 N–H and O–H groups in total. The SMILES string of the molecule is COc1ccc2cc([C@H](C)C(=O)N(C[C@@H]3CCOC3)C3CC3)ccc2c1. The Kier molecular flexibility index (Phi) is 4.86. The molecule has 138 valence electrons. The zero-order chi connectivity index (χ0) is 18.1. The van der Waals surface area contributed by atoms with E-state index in [0.29, 0.717) is 12.0 Å². The van der Waals surface area contributed by atoms with E-state index >= 15 is 0 Å². The Hall–Kier alpha value is -2.07. The lowest BCUT2D eigenvalue weighted by Crippen LogP contribution is -2.39. The first-order valence-corrected chi connectivity index (χ1v) is 9.61. The van der Waals surface area contributed by atoms with Gasteiger partial charge in [0.05, 0.1) is 19.6 Å². The van der Waals surface area contributed by atoms with Gasteiger partial charge < -0.3 is 14.4 Å². The first kappa shape index (κ1) is 17.3. The number of rotatable bonds is 6. The van der Waals surface area contributed by atoms with Gasteiger partial charge in [-0.1, -0.05) is 24.3 Å². The van der Waals surface area contributed by atoms with Crippen molar-refractivity contribution >= 4 is 16.7 Å². The molecule has 2 fully saturated rings. The average molecular weight is 353 g/mol. The fraction of sp³-hybridized carbons (Fsp3) is 0.500. The maximum absolute atomic E-state index is 13.2. The van der Waals surface area contributed by atoms with Crippen LogP contribution >= 0.6 is 0 Å². The van der Waals surface area contributed by atoms with Crippen molar-refractivity contribution in [3.05, 3.63) is 42.0 Å². The van der Waals surface area contributed by atoms with Gasteiger partial charge >= 0.3 is 0 Å². The van der Waals surface area contributed by atoms with E-state index in [1.54, 1.807) is 7.11 Å². The van der Waals surface area contributed by atoms with Crippen molar-refractivity contribution in [2.24, 2.45) is 5.92 Å². The second kappa shape index (κ2) is 7.28. The number of hydrogen-bond donors (Lipinski definition) is 0. The molecule has 0 bridgehead atoms. The Morgan fingerprint density at radius 1 is 1.19 bits per heavy atom. The van der Waals surface area contributed by atoms with Crippen LogP contribution in [0, 0.1) is 5.92 Å². The average Bonchev–Trinajstić information content (AvgIpc) is 3.39. The monoisotopic (exact) mass is 353 g/mol. The van der Waals surface area contributed by atoms with Crippen LogP contribution < -0.4 is 4.74 Å². The van der Waals surface area contributed by atoms with Crippen LogP contribution in [0.3, 0.4) is 0 Å². The van der Waals surface area contributed by atoms with Gasteiger partial charge in [0.25, 0.3) is 0 Å².